The zero-order valence-corrected chi connectivity index (χ0v) is 12.9. The van der Waals surface area contributed by atoms with Gasteiger partial charge in [-0.25, -0.2) is 4.98 Å². The van der Waals surface area contributed by atoms with Gasteiger partial charge in [0.1, 0.15) is 0 Å². The van der Waals surface area contributed by atoms with E-state index in [4.69, 9.17) is 4.98 Å². The lowest BCUT2D eigenvalue weighted by Gasteiger charge is -2.19. The summed E-state index contributed by atoms with van der Waals surface area (Å²) in [6.45, 7) is 2.21. The Labute approximate surface area is 135 Å². The minimum atomic E-state index is 0.894. The van der Waals surface area contributed by atoms with Gasteiger partial charge in [-0.1, -0.05) is 12.1 Å². The molecule has 1 aliphatic rings. The van der Waals surface area contributed by atoms with Crippen molar-refractivity contribution in [2.24, 2.45) is 0 Å². The van der Waals surface area contributed by atoms with Crippen LogP contribution in [-0.2, 0) is 0 Å². The van der Waals surface area contributed by atoms with E-state index < -0.39 is 0 Å². The molecule has 4 nitrogen and oxygen atoms in total. The molecule has 0 amide bonds. The highest BCUT2D eigenvalue weighted by molar-refractivity contribution is 5.69. The van der Waals surface area contributed by atoms with Crippen LogP contribution in [0.4, 0.5) is 5.69 Å². The van der Waals surface area contributed by atoms with Crippen LogP contribution in [0.3, 0.4) is 0 Å². The van der Waals surface area contributed by atoms with Crippen LogP contribution < -0.4 is 4.90 Å². The normalized spacial score (nSPS) is 14.2. The smallest absolute Gasteiger partial charge is 0.0914 e. The molecule has 4 rings (SSSR count). The Morgan fingerprint density at radius 3 is 1.74 bits per heavy atom. The van der Waals surface area contributed by atoms with Crippen molar-refractivity contribution >= 4 is 5.69 Å². The van der Waals surface area contributed by atoms with Crippen molar-refractivity contribution in [1.82, 2.24) is 15.0 Å². The van der Waals surface area contributed by atoms with Gasteiger partial charge in [0.25, 0.3) is 0 Å². The molecule has 0 aromatic carbocycles. The van der Waals surface area contributed by atoms with E-state index in [0.717, 1.165) is 35.9 Å². The van der Waals surface area contributed by atoms with E-state index >= 15 is 0 Å². The number of rotatable bonds is 3. The second-order valence-electron chi connectivity index (χ2n) is 5.72. The maximum atomic E-state index is 4.79. The number of aromatic nitrogens is 3. The summed E-state index contributed by atoms with van der Waals surface area (Å²) in [5, 5.41) is 0. The lowest BCUT2D eigenvalue weighted by Crippen LogP contribution is -2.18. The molecule has 4 heterocycles. The van der Waals surface area contributed by atoms with Crippen LogP contribution in [0.25, 0.3) is 22.8 Å². The second-order valence-corrected chi connectivity index (χ2v) is 5.72. The maximum absolute atomic E-state index is 4.79. The van der Waals surface area contributed by atoms with Crippen molar-refractivity contribution < 1.29 is 0 Å². The van der Waals surface area contributed by atoms with Crippen LogP contribution in [0.5, 0.6) is 0 Å². The molecule has 4 heteroatoms. The Kier molecular flexibility index (Phi) is 3.72. The molecule has 0 spiro atoms. The molecule has 23 heavy (non-hydrogen) atoms. The first-order valence-corrected chi connectivity index (χ1v) is 8.00. The molecule has 0 aliphatic carbocycles. The summed E-state index contributed by atoms with van der Waals surface area (Å²) in [5.41, 5.74) is 4.79. The summed E-state index contributed by atoms with van der Waals surface area (Å²) >= 11 is 0. The highest BCUT2D eigenvalue weighted by Gasteiger charge is 2.16. The fraction of sp³-hybridized carbons (Fsp3) is 0.211. The van der Waals surface area contributed by atoms with Crippen molar-refractivity contribution in [3.63, 3.8) is 0 Å². The third-order valence-corrected chi connectivity index (χ3v) is 4.14. The summed E-state index contributed by atoms with van der Waals surface area (Å²) < 4.78 is 0. The number of nitrogens with zero attached hydrogens (tertiary/aromatic N) is 4. The van der Waals surface area contributed by atoms with E-state index in [1.54, 1.807) is 12.4 Å². The summed E-state index contributed by atoms with van der Waals surface area (Å²) in [6, 6.07) is 16.1. The molecule has 1 aliphatic heterocycles. The Bertz CT molecular complexity index is 723. The average Bonchev–Trinajstić information content (AvgIpc) is 3.18. The van der Waals surface area contributed by atoms with E-state index in [9.17, 15) is 0 Å². The van der Waals surface area contributed by atoms with E-state index in [2.05, 4.69) is 27.0 Å². The van der Waals surface area contributed by atoms with E-state index in [1.165, 1.54) is 18.5 Å². The number of anilines is 1. The SMILES string of the molecule is c1ccc(-c2cc(N3CCCC3)cc(-c3ccccn3)n2)nc1. The van der Waals surface area contributed by atoms with Gasteiger partial charge in [0.15, 0.2) is 0 Å². The maximum Gasteiger partial charge on any atom is 0.0914 e. The number of pyridine rings is 3. The van der Waals surface area contributed by atoms with Crippen LogP contribution in [0.15, 0.2) is 60.9 Å². The largest absolute Gasteiger partial charge is 0.371 e. The minimum Gasteiger partial charge on any atom is -0.371 e. The second kappa shape index (κ2) is 6.16. The molecule has 3 aromatic rings. The molecule has 0 N–H and O–H groups in total. The van der Waals surface area contributed by atoms with Crippen molar-refractivity contribution in [3.8, 4) is 22.8 Å². The van der Waals surface area contributed by atoms with Gasteiger partial charge >= 0.3 is 0 Å². The van der Waals surface area contributed by atoms with Gasteiger partial charge in [0.05, 0.1) is 22.8 Å². The number of hydrogen-bond acceptors (Lipinski definition) is 4. The Hall–Kier alpha value is -2.75. The van der Waals surface area contributed by atoms with Crippen molar-refractivity contribution in [1.29, 1.82) is 0 Å². The molecular formula is C19H18N4. The molecular weight excluding hydrogens is 284 g/mol. The standard InChI is InChI=1S/C19H18N4/c1-3-9-20-16(7-1)18-13-15(23-11-5-6-12-23)14-19(22-18)17-8-2-4-10-21-17/h1-4,7-10,13-14H,5-6,11-12H2. The summed E-state index contributed by atoms with van der Waals surface area (Å²) in [7, 11) is 0. The highest BCUT2D eigenvalue weighted by Crippen LogP contribution is 2.29. The molecule has 1 saturated heterocycles. The molecule has 0 bridgehead atoms. The summed E-state index contributed by atoms with van der Waals surface area (Å²) in [6.07, 6.45) is 6.11. The van der Waals surface area contributed by atoms with Crippen LogP contribution in [-0.4, -0.2) is 28.0 Å². The molecule has 1 fully saturated rings. The third kappa shape index (κ3) is 2.93. The predicted molar refractivity (Wildman–Crippen MR) is 92.1 cm³/mol. The molecule has 0 saturated carbocycles. The van der Waals surface area contributed by atoms with Crippen LogP contribution in [0, 0.1) is 0 Å². The molecule has 3 aromatic heterocycles. The fourth-order valence-electron chi connectivity index (χ4n) is 2.97. The van der Waals surface area contributed by atoms with Gasteiger partial charge < -0.3 is 4.90 Å². The lowest BCUT2D eigenvalue weighted by molar-refractivity contribution is 0.949. The van der Waals surface area contributed by atoms with Crippen molar-refractivity contribution in [2.75, 3.05) is 18.0 Å². The topological polar surface area (TPSA) is 41.9 Å². The Morgan fingerprint density at radius 1 is 0.696 bits per heavy atom. The minimum absolute atomic E-state index is 0.894. The van der Waals surface area contributed by atoms with Gasteiger partial charge in [-0.2, -0.15) is 0 Å². The Balaban J connectivity index is 1.84. The van der Waals surface area contributed by atoms with Gasteiger partial charge in [0, 0.05) is 31.2 Å². The summed E-state index contributed by atoms with van der Waals surface area (Å²) in [4.78, 5) is 16.1. The first-order valence-electron chi connectivity index (χ1n) is 8.00. The predicted octanol–water partition coefficient (Wildman–Crippen LogP) is 3.81. The molecule has 0 atom stereocenters. The van der Waals surface area contributed by atoms with Gasteiger partial charge in [-0.15, -0.1) is 0 Å². The summed E-state index contributed by atoms with van der Waals surface area (Å²) in [5.74, 6) is 0. The third-order valence-electron chi connectivity index (χ3n) is 4.14. The van der Waals surface area contributed by atoms with Crippen molar-refractivity contribution in [2.45, 2.75) is 12.8 Å². The van der Waals surface area contributed by atoms with E-state index in [1.807, 2.05) is 36.4 Å². The quantitative estimate of drug-likeness (QED) is 0.738. The van der Waals surface area contributed by atoms with Crippen molar-refractivity contribution in [3.05, 3.63) is 60.9 Å². The fourth-order valence-corrected chi connectivity index (χ4v) is 2.97. The van der Waals surface area contributed by atoms with Crippen LogP contribution in [0.2, 0.25) is 0 Å². The van der Waals surface area contributed by atoms with Gasteiger partial charge in [-0.3, -0.25) is 9.97 Å². The Morgan fingerprint density at radius 2 is 1.26 bits per heavy atom. The zero-order valence-electron chi connectivity index (χ0n) is 12.9. The molecule has 0 unspecified atom stereocenters. The zero-order chi connectivity index (χ0) is 15.5. The van der Waals surface area contributed by atoms with Crippen LogP contribution >= 0.6 is 0 Å². The lowest BCUT2D eigenvalue weighted by atomic mass is 10.1. The van der Waals surface area contributed by atoms with Crippen LogP contribution in [0.1, 0.15) is 12.8 Å². The van der Waals surface area contributed by atoms with E-state index in [0.29, 0.717) is 0 Å². The average molecular weight is 302 g/mol. The number of hydrogen-bond donors (Lipinski definition) is 0. The first kappa shape index (κ1) is 13.9. The molecule has 0 radical (unpaired) electrons. The van der Waals surface area contributed by atoms with Gasteiger partial charge in [0.2, 0.25) is 0 Å². The van der Waals surface area contributed by atoms with E-state index in [-0.39, 0.29) is 0 Å². The highest BCUT2D eigenvalue weighted by atomic mass is 15.1. The first-order chi connectivity index (χ1) is 11.4. The molecule has 114 valence electrons. The monoisotopic (exact) mass is 302 g/mol. The van der Waals surface area contributed by atoms with Gasteiger partial charge in [-0.05, 0) is 49.2 Å².